The van der Waals surface area contributed by atoms with Gasteiger partial charge in [-0.1, -0.05) is 0 Å². The molecule has 0 radical (unpaired) electrons. The quantitative estimate of drug-likeness (QED) is 0.607. The van der Waals surface area contributed by atoms with E-state index in [1.54, 1.807) is 18.3 Å². The van der Waals surface area contributed by atoms with Crippen molar-refractivity contribution in [3.8, 4) is 0 Å². The summed E-state index contributed by atoms with van der Waals surface area (Å²) in [5.41, 5.74) is 0.754. The Morgan fingerprint density at radius 1 is 1.46 bits per heavy atom. The number of pyridine rings is 1. The molecule has 2 rings (SSSR count). The highest BCUT2D eigenvalue weighted by atomic mass is 16.6. The topological polar surface area (TPSA) is 57.0 Å². The first kappa shape index (κ1) is 7.72. The standard InChI is InChI=1S/C8H7N3O2/c1-13-11-6-3-2-4-9-8(6)10-5-7(11)12/h2-5H,1H3. The molecule has 0 aliphatic heterocycles. The molecule has 0 N–H and O–H groups in total. The van der Waals surface area contributed by atoms with Gasteiger partial charge in [0.1, 0.15) is 12.6 Å². The number of hydrogen-bond acceptors (Lipinski definition) is 4. The average molecular weight is 177 g/mol. The van der Waals surface area contributed by atoms with Crippen LogP contribution < -0.4 is 10.4 Å². The smallest absolute Gasteiger partial charge is 0.302 e. The van der Waals surface area contributed by atoms with Gasteiger partial charge in [0.15, 0.2) is 5.65 Å². The molecule has 5 nitrogen and oxygen atoms in total. The minimum absolute atomic E-state index is 0.303. The van der Waals surface area contributed by atoms with Crippen molar-refractivity contribution in [1.29, 1.82) is 0 Å². The van der Waals surface area contributed by atoms with Crippen LogP contribution in [0.25, 0.3) is 11.2 Å². The fraction of sp³-hybridized carbons (Fsp3) is 0.125. The third-order valence-corrected chi connectivity index (χ3v) is 1.66. The van der Waals surface area contributed by atoms with E-state index in [0.29, 0.717) is 11.2 Å². The highest BCUT2D eigenvalue weighted by Gasteiger charge is 2.02. The van der Waals surface area contributed by atoms with Crippen LogP contribution in [0.1, 0.15) is 0 Å². The second-order valence-corrected chi connectivity index (χ2v) is 2.42. The summed E-state index contributed by atoms with van der Waals surface area (Å²) in [6.45, 7) is 0. The second-order valence-electron chi connectivity index (χ2n) is 2.42. The number of rotatable bonds is 1. The Morgan fingerprint density at radius 3 is 3.08 bits per heavy atom. The third-order valence-electron chi connectivity index (χ3n) is 1.66. The van der Waals surface area contributed by atoms with Crippen LogP contribution in [-0.2, 0) is 0 Å². The van der Waals surface area contributed by atoms with Gasteiger partial charge in [-0.05, 0) is 12.1 Å². The minimum atomic E-state index is -0.303. The van der Waals surface area contributed by atoms with E-state index >= 15 is 0 Å². The van der Waals surface area contributed by atoms with Crippen molar-refractivity contribution < 1.29 is 4.84 Å². The van der Waals surface area contributed by atoms with E-state index in [2.05, 4.69) is 9.97 Å². The van der Waals surface area contributed by atoms with Crippen LogP contribution in [0, 0.1) is 0 Å². The summed E-state index contributed by atoms with van der Waals surface area (Å²) >= 11 is 0. The molecule has 2 aromatic heterocycles. The molecule has 0 bridgehead atoms. The molecule has 0 unspecified atom stereocenters. The van der Waals surface area contributed by atoms with Crippen LogP contribution in [0.2, 0.25) is 0 Å². The summed E-state index contributed by atoms with van der Waals surface area (Å²) in [4.78, 5) is 23.9. The lowest BCUT2D eigenvalue weighted by atomic mass is 10.4. The third kappa shape index (κ3) is 1.14. The van der Waals surface area contributed by atoms with Gasteiger partial charge in [-0.2, -0.15) is 0 Å². The monoisotopic (exact) mass is 177 g/mol. The van der Waals surface area contributed by atoms with Gasteiger partial charge in [0.05, 0.1) is 6.20 Å². The Bertz CT molecular complexity index is 492. The van der Waals surface area contributed by atoms with Crippen LogP contribution >= 0.6 is 0 Å². The largest absolute Gasteiger partial charge is 0.413 e. The molecule has 0 atom stereocenters. The zero-order valence-electron chi connectivity index (χ0n) is 6.97. The van der Waals surface area contributed by atoms with E-state index in [1.165, 1.54) is 13.3 Å². The molecule has 2 heterocycles. The molecule has 13 heavy (non-hydrogen) atoms. The fourth-order valence-electron chi connectivity index (χ4n) is 1.12. The summed E-state index contributed by atoms with van der Waals surface area (Å²) < 4.78 is 1.15. The van der Waals surface area contributed by atoms with Crippen molar-refractivity contribution in [3.05, 3.63) is 34.9 Å². The average Bonchev–Trinajstić information content (AvgIpc) is 2.18. The van der Waals surface area contributed by atoms with Crippen LogP contribution in [0.4, 0.5) is 0 Å². The fourth-order valence-corrected chi connectivity index (χ4v) is 1.12. The summed E-state index contributed by atoms with van der Waals surface area (Å²) in [5.74, 6) is 0. The number of hydrogen-bond donors (Lipinski definition) is 0. The number of fused-ring (bicyclic) bond motifs is 1. The van der Waals surface area contributed by atoms with Crippen molar-refractivity contribution in [2.75, 3.05) is 7.11 Å². The van der Waals surface area contributed by atoms with Gasteiger partial charge in [-0.3, -0.25) is 4.79 Å². The molecule has 0 spiro atoms. The lowest BCUT2D eigenvalue weighted by molar-refractivity contribution is 0.168. The number of aromatic nitrogens is 3. The van der Waals surface area contributed by atoms with E-state index in [1.807, 2.05) is 0 Å². The summed E-state index contributed by atoms with van der Waals surface area (Å²) in [5, 5.41) is 0. The Hall–Kier alpha value is -1.91. The van der Waals surface area contributed by atoms with Crippen LogP contribution in [0.15, 0.2) is 29.3 Å². The molecule has 0 fully saturated rings. The van der Waals surface area contributed by atoms with Gasteiger partial charge in [0.25, 0.3) is 0 Å². The van der Waals surface area contributed by atoms with Crippen LogP contribution in [-0.4, -0.2) is 21.8 Å². The molecule has 0 aliphatic carbocycles. The van der Waals surface area contributed by atoms with Crippen molar-refractivity contribution in [3.63, 3.8) is 0 Å². The van der Waals surface area contributed by atoms with Gasteiger partial charge >= 0.3 is 5.56 Å². The second kappa shape index (κ2) is 2.85. The molecule has 0 saturated heterocycles. The van der Waals surface area contributed by atoms with Crippen molar-refractivity contribution in [2.45, 2.75) is 0 Å². The van der Waals surface area contributed by atoms with Gasteiger partial charge in [0, 0.05) is 6.20 Å². The zero-order valence-corrected chi connectivity index (χ0v) is 6.97. The molecule has 66 valence electrons. The first-order chi connectivity index (χ1) is 6.33. The first-order valence-electron chi connectivity index (χ1n) is 3.70. The van der Waals surface area contributed by atoms with Gasteiger partial charge in [-0.25, -0.2) is 9.97 Å². The van der Waals surface area contributed by atoms with E-state index in [0.717, 1.165) is 4.73 Å². The molecule has 2 aromatic rings. The Morgan fingerprint density at radius 2 is 2.31 bits per heavy atom. The Kier molecular flexibility index (Phi) is 1.70. The molecule has 0 amide bonds. The highest BCUT2D eigenvalue weighted by molar-refractivity contribution is 5.68. The molecule has 0 aromatic carbocycles. The molecule has 0 saturated carbocycles. The summed E-state index contributed by atoms with van der Waals surface area (Å²) in [7, 11) is 1.42. The van der Waals surface area contributed by atoms with Crippen LogP contribution in [0.5, 0.6) is 0 Å². The Labute approximate surface area is 73.6 Å². The lowest BCUT2D eigenvalue weighted by Crippen LogP contribution is -2.25. The van der Waals surface area contributed by atoms with Gasteiger partial charge in [-0.15, -0.1) is 4.73 Å². The van der Waals surface area contributed by atoms with E-state index in [-0.39, 0.29) is 5.56 Å². The van der Waals surface area contributed by atoms with E-state index < -0.39 is 0 Å². The maximum atomic E-state index is 11.2. The van der Waals surface area contributed by atoms with E-state index in [9.17, 15) is 4.79 Å². The van der Waals surface area contributed by atoms with Crippen molar-refractivity contribution in [2.24, 2.45) is 0 Å². The zero-order chi connectivity index (χ0) is 9.26. The molecular formula is C8H7N3O2. The van der Waals surface area contributed by atoms with E-state index in [4.69, 9.17) is 4.84 Å². The van der Waals surface area contributed by atoms with Crippen molar-refractivity contribution in [1.82, 2.24) is 14.7 Å². The molecular weight excluding hydrogens is 170 g/mol. The SMILES string of the molecule is COn1c(=O)cnc2ncccc21. The number of nitrogens with zero attached hydrogens (tertiary/aromatic N) is 3. The minimum Gasteiger partial charge on any atom is -0.413 e. The summed E-state index contributed by atoms with van der Waals surface area (Å²) in [6.07, 6.45) is 2.79. The predicted octanol–water partition coefficient (Wildman–Crippen LogP) is -0.150. The first-order valence-corrected chi connectivity index (χ1v) is 3.70. The highest BCUT2D eigenvalue weighted by Crippen LogP contribution is 2.02. The van der Waals surface area contributed by atoms with Gasteiger partial charge < -0.3 is 4.84 Å². The molecule has 5 heteroatoms. The maximum absolute atomic E-state index is 11.2. The lowest BCUT2D eigenvalue weighted by Gasteiger charge is -2.04. The van der Waals surface area contributed by atoms with Crippen molar-refractivity contribution >= 4 is 11.2 Å². The predicted molar refractivity (Wildman–Crippen MR) is 46.3 cm³/mol. The van der Waals surface area contributed by atoms with Crippen LogP contribution in [0.3, 0.4) is 0 Å². The summed E-state index contributed by atoms with van der Waals surface area (Å²) in [6, 6.07) is 3.44. The normalized spacial score (nSPS) is 10.2. The maximum Gasteiger partial charge on any atom is 0.302 e. The molecule has 0 aliphatic rings. The Balaban J connectivity index is 2.92. The van der Waals surface area contributed by atoms with Gasteiger partial charge in [0.2, 0.25) is 0 Å².